The van der Waals surface area contributed by atoms with Crippen LogP contribution in [0.3, 0.4) is 0 Å². The van der Waals surface area contributed by atoms with Crippen LogP contribution in [0, 0.1) is 0 Å². The summed E-state index contributed by atoms with van der Waals surface area (Å²) in [6, 6.07) is 7.34. The fourth-order valence-electron chi connectivity index (χ4n) is 2.62. The summed E-state index contributed by atoms with van der Waals surface area (Å²) >= 11 is 0. The Hall–Kier alpha value is -1.95. The molecule has 2 atom stereocenters. The number of fused-ring (bicyclic) bond motifs is 1. The number of carbonyl (C=O) groups is 1. The minimum Gasteiger partial charge on any atom is -0.486 e. The molecule has 114 valence electrons. The van der Waals surface area contributed by atoms with Crippen molar-refractivity contribution in [2.24, 2.45) is 0 Å². The van der Waals surface area contributed by atoms with Crippen LogP contribution in [-0.2, 0) is 0 Å². The molecular weight excluding hydrogens is 272 g/mol. The van der Waals surface area contributed by atoms with Crippen LogP contribution in [0.15, 0.2) is 24.3 Å². The molecule has 0 spiro atoms. The van der Waals surface area contributed by atoms with Gasteiger partial charge in [-0.3, -0.25) is 0 Å². The second-order valence-corrected chi connectivity index (χ2v) is 5.43. The topological polar surface area (TPSA) is 71.0 Å². The molecule has 6 heteroatoms. The maximum absolute atomic E-state index is 12.0. The Balaban J connectivity index is 1.49. The second-order valence-electron chi connectivity index (χ2n) is 5.43. The van der Waals surface area contributed by atoms with Crippen molar-refractivity contribution in [3.05, 3.63) is 24.3 Å². The number of urea groups is 1. The first-order valence-corrected chi connectivity index (χ1v) is 7.31. The van der Waals surface area contributed by atoms with Gasteiger partial charge in [-0.05, 0) is 25.0 Å². The molecule has 0 saturated carbocycles. The summed E-state index contributed by atoms with van der Waals surface area (Å²) < 4.78 is 11.4. The lowest BCUT2D eigenvalue weighted by Crippen LogP contribution is -2.50. The summed E-state index contributed by atoms with van der Waals surface area (Å²) in [7, 11) is 0. The minimum atomic E-state index is -0.411. The van der Waals surface area contributed by atoms with E-state index in [1.54, 1.807) is 4.90 Å². The molecule has 3 rings (SSSR count). The molecule has 1 aromatic carbocycles. The summed E-state index contributed by atoms with van der Waals surface area (Å²) in [5, 5.41) is 12.4. The largest absolute Gasteiger partial charge is 0.486 e. The van der Waals surface area contributed by atoms with Crippen molar-refractivity contribution in [2.45, 2.75) is 25.0 Å². The zero-order valence-corrected chi connectivity index (χ0v) is 11.8. The molecule has 21 heavy (non-hydrogen) atoms. The van der Waals surface area contributed by atoms with Gasteiger partial charge in [-0.2, -0.15) is 0 Å². The van der Waals surface area contributed by atoms with Crippen molar-refractivity contribution >= 4 is 6.03 Å². The Morgan fingerprint density at radius 1 is 1.38 bits per heavy atom. The van der Waals surface area contributed by atoms with E-state index in [4.69, 9.17) is 9.47 Å². The molecule has 2 N–H and O–H groups in total. The van der Waals surface area contributed by atoms with Crippen molar-refractivity contribution in [1.82, 2.24) is 10.2 Å². The van der Waals surface area contributed by atoms with Gasteiger partial charge in [0, 0.05) is 13.1 Å². The number of nitrogens with zero attached hydrogens (tertiary/aromatic N) is 1. The first-order valence-electron chi connectivity index (χ1n) is 7.31. The lowest BCUT2D eigenvalue weighted by Gasteiger charge is -2.31. The number of benzene rings is 1. The highest BCUT2D eigenvalue weighted by Crippen LogP contribution is 2.30. The van der Waals surface area contributed by atoms with Crippen LogP contribution in [0.2, 0.25) is 0 Å². The Bertz CT molecular complexity index is 508. The van der Waals surface area contributed by atoms with Gasteiger partial charge in [0.05, 0.1) is 12.6 Å². The molecule has 0 radical (unpaired) electrons. The molecular formula is C15H20N2O4. The van der Waals surface area contributed by atoms with Crippen LogP contribution in [0.25, 0.3) is 0 Å². The van der Waals surface area contributed by atoms with E-state index in [1.165, 1.54) is 0 Å². The monoisotopic (exact) mass is 292 g/mol. The van der Waals surface area contributed by atoms with E-state index in [0.717, 1.165) is 18.6 Å². The third-order valence-corrected chi connectivity index (χ3v) is 3.73. The third-order valence-electron chi connectivity index (χ3n) is 3.73. The highest BCUT2D eigenvalue weighted by molar-refractivity contribution is 5.74. The third kappa shape index (κ3) is 3.39. The van der Waals surface area contributed by atoms with E-state index >= 15 is 0 Å². The number of β-amino-alcohol motifs (C(OH)–C–C–N with tert-alkyl or cyclic N) is 1. The highest BCUT2D eigenvalue weighted by atomic mass is 16.6. The zero-order valence-electron chi connectivity index (χ0n) is 11.8. The number of nitrogens with one attached hydrogen (secondary N) is 1. The molecule has 1 aromatic rings. The summed E-state index contributed by atoms with van der Waals surface area (Å²) in [6.45, 7) is 1.89. The van der Waals surface area contributed by atoms with E-state index in [0.29, 0.717) is 32.0 Å². The van der Waals surface area contributed by atoms with Gasteiger partial charge >= 0.3 is 6.03 Å². The number of amides is 2. The average Bonchev–Trinajstić information content (AvgIpc) is 2.52. The Morgan fingerprint density at radius 3 is 3.00 bits per heavy atom. The molecule has 0 aliphatic carbocycles. The fourth-order valence-corrected chi connectivity index (χ4v) is 2.62. The normalized spacial score (nSPS) is 24.5. The molecule has 2 heterocycles. The van der Waals surface area contributed by atoms with Gasteiger partial charge in [0.15, 0.2) is 17.6 Å². The lowest BCUT2D eigenvalue weighted by molar-refractivity contribution is 0.0756. The predicted octanol–water partition coefficient (Wildman–Crippen LogP) is 0.993. The number of hydrogen-bond acceptors (Lipinski definition) is 4. The average molecular weight is 292 g/mol. The molecule has 0 bridgehead atoms. The number of likely N-dealkylation sites (tertiary alicyclic amines) is 1. The van der Waals surface area contributed by atoms with Crippen molar-refractivity contribution in [3.63, 3.8) is 0 Å². The maximum Gasteiger partial charge on any atom is 0.317 e. The van der Waals surface area contributed by atoms with E-state index in [2.05, 4.69) is 5.32 Å². The fraction of sp³-hybridized carbons (Fsp3) is 0.533. The van der Waals surface area contributed by atoms with Crippen LogP contribution in [-0.4, -0.2) is 54.5 Å². The number of aliphatic hydroxyl groups is 1. The van der Waals surface area contributed by atoms with Gasteiger partial charge in [0.25, 0.3) is 0 Å². The predicted molar refractivity (Wildman–Crippen MR) is 76.6 cm³/mol. The zero-order chi connectivity index (χ0) is 14.7. The minimum absolute atomic E-state index is 0.156. The first kappa shape index (κ1) is 14.0. The number of carbonyl (C=O) groups excluding carboxylic acids is 1. The molecule has 2 aliphatic rings. The Labute approximate surface area is 123 Å². The van der Waals surface area contributed by atoms with Gasteiger partial charge in [-0.25, -0.2) is 4.79 Å². The molecule has 6 nitrogen and oxygen atoms in total. The maximum atomic E-state index is 12.0. The first-order chi connectivity index (χ1) is 10.2. The van der Waals surface area contributed by atoms with E-state index in [-0.39, 0.29) is 12.1 Å². The Kier molecular flexibility index (Phi) is 4.15. The van der Waals surface area contributed by atoms with E-state index in [9.17, 15) is 9.90 Å². The number of hydrogen-bond donors (Lipinski definition) is 2. The summed E-state index contributed by atoms with van der Waals surface area (Å²) in [5.74, 6) is 1.44. The molecule has 0 aromatic heterocycles. The van der Waals surface area contributed by atoms with E-state index < -0.39 is 6.10 Å². The second kappa shape index (κ2) is 6.22. The van der Waals surface area contributed by atoms with Crippen LogP contribution in [0.4, 0.5) is 4.79 Å². The van der Waals surface area contributed by atoms with Gasteiger partial charge in [-0.1, -0.05) is 12.1 Å². The number of ether oxygens (including phenoxy) is 2. The van der Waals surface area contributed by atoms with Crippen LogP contribution >= 0.6 is 0 Å². The molecule has 2 amide bonds. The summed E-state index contributed by atoms with van der Waals surface area (Å²) in [5.41, 5.74) is 0. The van der Waals surface area contributed by atoms with Gasteiger partial charge in [0.1, 0.15) is 6.61 Å². The van der Waals surface area contributed by atoms with Gasteiger partial charge in [-0.15, -0.1) is 0 Å². The van der Waals surface area contributed by atoms with Crippen LogP contribution in [0.1, 0.15) is 12.8 Å². The van der Waals surface area contributed by atoms with Crippen molar-refractivity contribution in [3.8, 4) is 11.5 Å². The number of rotatable bonds is 2. The molecule has 2 unspecified atom stereocenters. The number of piperidine rings is 1. The quantitative estimate of drug-likeness (QED) is 0.853. The molecule has 2 aliphatic heterocycles. The SMILES string of the molecule is O=C(NCC1COc2ccccc2O1)N1CCCC(O)C1. The van der Waals surface area contributed by atoms with Crippen molar-refractivity contribution in [1.29, 1.82) is 0 Å². The smallest absolute Gasteiger partial charge is 0.317 e. The van der Waals surface area contributed by atoms with Crippen LogP contribution < -0.4 is 14.8 Å². The standard InChI is InChI=1S/C15H20N2O4/c18-11-4-3-7-17(9-11)15(19)16-8-12-10-20-13-5-1-2-6-14(13)21-12/h1-2,5-6,11-12,18H,3-4,7-10H2,(H,16,19). The highest BCUT2D eigenvalue weighted by Gasteiger charge is 2.24. The number of para-hydroxylation sites is 2. The van der Waals surface area contributed by atoms with Crippen molar-refractivity contribution in [2.75, 3.05) is 26.2 Å². The van der Waals surface area contributed by atoms with Gasteiger partial charge in [0.2, 0.25) is 0 Å². The summed E-state index contributed by atoms with van der Waals surface area (Å²) in [4.78, 5) is 13.7. The van der Waals surface area contributed by atoms with Gasteiger partial charge < -0.3 is 24.8 Å². The summed E-state index contributed by atoms with van der Waals surface area (Å²) in [6.07, 6.45) is 0.995. The van der Waals surface area contributed by atoms with Crippen LogP contribution in [0.5, 0.6) is 11.5 Å². The molecule has 1 saturated heterocycles. The molecule has 1 fully saturated rings. The van der Waals surface area contributed by atoms with E-state index in [1.807, 2.05) is 24.3 Å². The van der Waals surface area contributed by atoms with Crippen molar-refractivity contribution < 1.29 is 19.4 Å². The lowest BCUT2D eigenvalue weighted by atomic mass is 10.1. The Morgan fingerprint density at radius 2 is 2.19 bits per heavy atom. The number of aliphatic hydroxyl groups excluding tert-OH is 1.